The van der Waals surface area contributed by atoms with Gasteiger partial charge in [-0.15, -0.1) is 0 Å². The van der Waals surface area contributed by atoms with Crippen molar-refractivity contribution in [1.82, 2.24) is 39.5 Å². The summed E-state index contributed by atoms with van der Waals surface area (Å²) in [7, 11) is 3.25. The van der Waals surface area contributed by atoms with Gasteiger partial charge >= 0.3 is 0 Å². The molecular formula is C46H45ClF8N12O2. The van der Waals surface area contributed by atoms with Crippen LogP contribution in [0.5, 0.6) is 0 Å². The number of likely N-dealkylation sites (N-methyl/N-ethyl adjacent to an activating group) is 2. The minimum Gasteiger partial charge on any atom is -0.345 e. The lowest BCUT2D eigenvalue weighted by Gasteiger charge is -2.43. The topological polar surface area (TPSA) is 145 Å². The Morgan fingerprint density at radius 1 is 0.681 bits per heavy atom. The minimum atomic E-state index is -2.80. The second-order valence-electron chi connectivity index (χ2n) is 17.0. The van der Waals surface area contributed by atoms with Crippen molar-refractivity contribution < 1.29 is 44.7 Å². The van der Waals surface area contributed by atoms with Crippen LogP contribution in [0.2, 0.25) is 5.28 Å². The number of amides is 2. The Morgan fingerprint density at radius 3 is 1.70 bits per heavy atom. The summed E-state index contributed by atoms with van der Waals surface area (Å²) >= 11 is 5.88. The minimum absolute atomic E-state index is 0.0473. The van der Waals surface area contributed by atoms with Crippen LogP contribution in [0.4, 0.5) is 58.1 Å². The zero-order valence-electron chi connectivity index (χ0n) is 37.5. The second-order valence-corrected chi connectivity index (χ2v) is 17.3. The fourth-order valence-corrected chi connectivity index (χ4v) is 9.32. The molecule has 2 saturated carbocycles. The molecule has 0 bridgehead atoms. The van der Waals surface area contributed by atoms with Crippen molar-refractivity contribution in [3.05, 3.63) is 102 Å². The highest BCUT2D eigenvalue weighted by Gasteiger charge is 2.49. The maximum atomic E-state index is 14.1. The van der Waals surface area contributed by atoms with Gasteiger partial charge in [-0.05, 0) is 73.7 Å². The van der Waals surface area contributed by atoms with Gasteiger partial charge in [-0.3, -0.25) is 14.2 Å². The molecule has 4 aliphatic rings. The maximum Gasteiger partial charge on any atom is 0.250 e. The van der Waals surface area contributed by atoms with Crippen LogP contribution in [-0.2, 0) is 9.59 Å². The van der Waals surface area contributed by atoms with Crippen LogP contribution in [0, 0.1) is 23.3 Å². The number of aromatic nitrogens is 8. The molecule has 10 rings (SSSR count). The third-order valence-electron chi connectivity index (χ3n) is 12.6. The molecule has 2 aliphatic carbocycles. The Bertz CT molecular complexity index is 2850. The Balaban J connectivity index is 0.000000156. The number of hydrogen-bond donors (Lipinski definition) is 1. The predicted molar refractivity (Wildman–Crippen MR) is 241 cm³/mol. The third kappa shape index (κ3) is 9.80. The van der Waals surface area contributed by atoms with E-state index in [-0.39, 0.29) is 61.0 Å². The molecule has 4 aromatic heterocycles. The van der Waals surface area contributed by atoms with Crippen molar-refractivity contribution in [2.75, 3.05) is 33.7 Å². The quantitative estimate of drug-likeness (QED) is 0.121. The van der Waals surface area contributed by atoms with E-state index in [4.69, 9.17) is 11.6 Å². The van der Waals surface area contributed by atoms with E-state index in [1.54, 1.807) is 42.5 Å². The molecule has 23 heteroatoms. The molecule has 2 aromatic carbocycles. The average molecular weight is 985 g/mol. The summed E-state index contributed by atoms with van der Waals surface area (Å²) in [4.78, 5) is 60.0. The number of hydrogen-bond acceptors (Lipinski definition) is 10. The molecule has 2 aliphatic heterocycles. The molecule has 0 saturated heterocycles. The molecule has 2 unspecified atom stereocenters. The summed E-state index contributed by atoms with van der Waals surface area (Å²) < 4.78 is 110. The normalized spacial score (nSPS) is 21.3. The number of carbonyl (C=O) groups is 2. The van der Waals surface area contributed by atoms with Gasteiger partial charge in [0, 0.05) is 87.8 Å². The smallest absolute Gasteiger partial charge is 0.250 e. The zero-order chi connectivity index (χ0) is 49.5. The SMILES string of the molecule is CC[C@@H]1C(=O)N(C)c2cnc(-n3ccnc3-c3ccc(F)c(F)c3)nc2N1C1CCC(F)(F)C1.CC[C@@H]1C(=O)N(C)c2cnc(Cl)nc2N1C1CCC(F)(F)C1.Fc1ccc(-c2ncc[nH]2)cc1F. The molecule has 1 N–H and O–H groups in total. The number of imidazole rings is 2. The van der Waals surface area contributed by atoms with E-state index in [2.05, 4.69) is 34.9 Å². The van der Waals surface area contributed by atoms with E-state index in [1.807, 2.05) is 13.8 Å². The van der Waals surface area contributed by atoms with Crippen LogP contribution >= 0.6 is 11.6 Å². The van der Waals surface area contributed by atoms with Crippen molar-refractivity contribution in [2.45, 2.75) is 101 Å². The highest BCUT2D eigenvalue weighted by Crippen LogP contribution is 2.46. The van der Waals surface area contributed by atoms with Crippen molar-refractivity contribution in [2.24, 2.45) is 0 Å². The van der Waals surface area contributed by atoms with Gasteiger partial charge in [-0.1, -0.05) is 13.8 Å². The number of rotatable bonds is 7. The van der Waals surface area contributed by atoms with Crippen LogP contribution in [0.3, 0.4) is 0 Å². The van der Waals surface area contributed by atoms with Crippen molar-refractivity contribution in [1.29, 1.82) is 0 Å². The summed E-state index contributed by atoms with van der Waals surface area (Å²) in [6.07, 6.45) is 9.64. The molecule has 2 amide bonds. The number of nitrogens with one attached hydrogen (secondary N) is 1. The van der Waals surface area contributed by atoms with Crippen LogP contribution in [0.25, 0.3) is 28.7 Å². The van der Waals surface area contributed by atoms with Gasteiger partial charge in [-0.25, -0.2) is 55.1 Å². The summed E-state index contributed by atoms with van der Waals surface area (Å²) in [5.41, 5.74) is 1.78. The van der Waals surface area contributed by atoms with Gasteiger partial charge < -0.3 is 24.6 Å². The summed E-state index contributed by atoms with van der Waals surface area (Å²) in [5.74, 6) is -7.70. The molecule has 0 radical (unpaired) electrons. The van der Waals surface area contributed by atoms with Gasteiger partial charge in [0.05, 0.1) is 12.4 Å². The monoisotopic (exact) mass is 984 g/mol. The molecule has 6 heterocycles. The van der Waals surface area contributed by atoms with Gasteiger partial charge in [0.1, 0.15) is 35.1 Å². The van der Waals surface area contributed by atoms with Crippen molar-refractivity contribution in [3.63, 3.8) is 0 Å². The highest BCUT2D eigenvalue weighted by molar-refractivity contribution is 6.28. The summed E-state index contributed by atoms with van der Waals surface area (Å²) in [5, 5.41) is 0.0473. The Kier molecular flexibility index (Phi) is 13.7. The lowest BCUT2D eigenvalue weighted by atomic mass is 10.0. The highest BCUT2D eigenvalue weighted by atomic mass is 35.5. The number of H-pyrrole nitrogens is 1. The largest absolute Gasteiger partial charge is 0.345 e. The van der Waals surface area contributed by atoms with Gasteiger partial charge in [0.25, 0.3) is 0 Å². The number of benzene rings is 2. The van der Waals surface area contributed by atoms with Crippen LogP contribution in [-0.4, -0.2) is 101 Å². The lowest BCUT2D eigenvalue weighted by molar-refractivity contribution is -0.121. The second kappa shape index (κ2) is 19.4. The Hall–Kier alpha value is -6.71. The average Bonchev–Trinajstić information content (AvgIpc) is 4.16. The number of anilines is 4. The third-order valence-corrected chi connectivity index (χ3v) is 12.8. The Labute approximate surface area is 395 Å². The van der Waals surface area contributed by atoms with Crippen LogP contribution in [0.15, 0.2) is 73.6 Å². The van der Waals surface area contributed by atoms with Gasteiger partial charge in [-0.2, -0.15) is 9.97 Å². The molecule has 4 atom stereocenters. The van der Waals surface area contributed by atoms with Gasteiger partial charge in [0.2, 0.25) is 34.9 Å². The van der Waals surface area contributed by atoms with E-state index in [1.165, 1.54) is 45.1 Å². The number of nitrogens with zero attached hydrogens (tertiary/aromatic N) is 11. The van der Waals surface area contributed by atoms with E-state index in [9.17, 15) is 44.7 Å². The van der Waals surface area contributed by atoms with E-state index in [0.717, 1.165) is 24.3 Å². The standard InChI is InChI=1S/C23H22F4N6O.C14H17ClF2N4O.C9H6F2N2/c1-3-17-21(34)31(2)18-12-29-22(30-20(18)33(17)14-6-7-23(26,27)11-14)32-9-8-28-19(32)13-4-5-15(24)16(25)10-13;1-3-9-12(22)20(2)10-7-18-13(15)19-11(10)21(9)8-4-5-14(16,17)6-8;10-7-2-1-6(5-8(7)11)9-12-3-4-13-9/h4-5,8-10,12,14,17H,3,6-7,11H2,1-2H3;7-9H,3-6H2,1-2H3;1-5H,(H,12,13)/t14?,17-;8?,9-;/m11./s1. The predicted octanol–water partition coefficient (Wildman–Crippen LogP) is 9.59. The number of halogens is 9. The number of fused-ring (bicyclic) bond motifs is 2. The Morgan fingerprint density at radius 2 is 1.20 bits per heavy atom. The van der Waals surface area contributed by atoms with Crippen molar-refractivity contribution >= 4 is 46.4 Å². The molecule has 14 nitrogen and oxygen atoms in total. The summed E-state index contributed by atoms with van der Waals surface area (Å²) in [6.45, 7) is 3.70. The molecule has 69 heavy (non-hydrogen) atoms. The van der Waals surface area contributed by atoms with Gasteiger partial charge in [0.15, 0.2) is 34.9 Å². The van der Waals surface area contributed by atoms with Crippen molar-refractivity contribution in [3.8, 4) is 28.7 Å². The van der Waals surface area contributed by atoms with E-state index < -0.39 is 59.3 Å². The first-order valence-electron chi connectivity index (χ1n) is 22.0. The first kappa shape index (κ1) is 48.7. The van der Waals surface area contributed by atoms with Crippen LogP contribution < -0.4 is 19.6 Å². The first-order chi connectivity index (χ1) is 32.8. The molecular weight excluding hydrogens is 940 g/mol. The van der Waals surface area contributed by atoms with E-state index >= 15 is 0 Å². The van der Waals surface area contributed by atoms with E-state index in [0.29, 0.717) is 59.2 Å². The molecule has 364 valence electrons. The fraction of sp³-hybridized carbons (Fsp3) is 0.391. The maximum absolute atomic E-state index is 14.1. The fourth-order valence-electron chi connectivity index (χ4n) is 9.20. The number of aromatic amines is 1. The first-order valence-corrected chi connectivity index (χ1v) is 22.4. The number of alkyl halides is 4. The molecule has 0 spiro atoms. The number of carbonyl (C=O) groups excluding carboxylic acids is 2. The molecule has 6 aromatic rings. The summed E-state index contributed by atoms with van der Waals surface area (Å²) in [6, 6.07) is 4.98. The lowest BCUT2D eigenvalue weighted by Crippen LogP contribution is -2.56. The zero-order valence-corrected chi connectivity index (χ0v) is 38.3. The van der Waals surface area contributed by atoms with Crippen LogP contribution in [0.1, 0.15) is 65.2 Å². The molecule has 2 fully saturated rings.